The van der Waals surface area contributed by atoms with E-state index in [1.807, 2.05) is 0 Å². The Kier molecular flexibility index (Phi) is 3.88. The maximum atomic E-state index is 12.7. The Hall–Kier alpha value is -2.50. The third kappa shape index (κ3) is 3.16. The van der Waals surface area contributed by atoms with Gasteiger partial charge in [0.2, 0.25) is 0 Å². The Bertz CT molecular complexity index is 654. The molecule has 0 saturated heterocycles. The number of nitrogens with zero attached hydrogens (tertiary/aromatic N) is 1. The van der Waals surface area contributed by atoms with E-state index >= 15 is 0 Å². The summed E-state index contributed by atoms with van der Waals surface area (Å²) in [7, 11) is 1.60. The molecule has 0 saturated carbocycles. The van der Waals surface area contributed by atoms with Crippen molar-refractivity contribution in [1.29, 1.82) is 0 Å². The fraction of sp³-hybridized carbons (Fsp3) is 0.133. The van der Waals surface area contributed by atoms with E-state index in [0.29, 0.717) is 11.8 Å². The van der Waals surface area contributed by atoms with Crippen LogP contribution in [0.25, 0.3) is 0 Å². The minimum absolute atomic E-state index is 0.196. The first kappa shape index (κ1) is 14.9. The first-order valence-corrected chi connectivity index (χ1v) is 6.04. The molecule has 0 aliphatic rings. The van der Waals surface area contributed by atoms with Gasteiger partial charge in [-0.1, -0.05) is 18.2 Å². The van der Waals surface area contributed by atoms with Gasteiger partial charge in [0.25, 0.3) is 0 Å². The van der Waals surface area contributed by atoms with Crippen LogP contribution in [0, 0.1) is 0 Å². The number of para-hydroxylation sites is 1. The molecule has 110 valence electrons. The van der Waals surface area contributed by atoms with Crippen LogP contribution >= 0.6 is 0 Å². The average Bonchev–Trinajstić information content (AvgIpc) is 2.45. The zero-order valence-corrected chi connectivity index (χ0v) is 11.1. The second-order valence-corrected chi connectivity index (χ2v) is 4.43. The van der Waals surface area contributed by atoms with E-state index in [-0.39, 0.29) is 5.69 Å². The molecule has 0 unspecified atom stereocenters. The van der Waals surface area contributed by atoms with E-state index in [2.05, 4.69) is 0 Å². The summed E-state index contributed by atoms with van der Waals surface area (Å²) in [6, 6.07) is 11.5. The van der Waals surface area contributed by atoms with Crippen molar-refractivity contribution >= 4 is 17.3 Å². The van der Waals surface area contributed by atoms with Gasteiger partial charge in [-0.3, -0.25) is 0 Å². The highest BCUT2D eigenvalue weighted by molar-refractivity contribution is 5.95. The maximum absolute atomic E-state index is 12.7. The van der Waals surface area contributed by atoms with Gasteiger partial charge in [-0.2, -0.15) is 13.2 Å². The lowest BCUT2D eigenvalue weighted by Gasteiger charge is -2.22. The lowest BCUT2D eigenvalue weighted by molar-refractivity contribution is -0.137. The molecule has 2 rings (SSSR count). The zero-order valence-electron chi connectivity index (χ0n) is 11.1. The topological polar surface area (TPSA) is 40.5 Å². The number of hydrogen-bond acceptors (Lipinski definition) is 2. The normalized spacial score (nSPS) is 11.2. The number of benzene rings is 2. The number of alkyl halides is 3. The van der Waals surface area contributed by atoms with Crippen LogP contribution in [0.5, 0.6) is 0 Å². The van der Waals surface area contributed by atoms with Gasteiger partial charge in [0.1, 0.15) is 0 Å². The van der Waals surface area contributed by atoms with Crippen LogP contribution in [-0.2, 0) is 6.18 Å². The Morgan fingerprint density at radius 3 is 2.24 bits per heavy atom. The summed E-state index contributed by atoms with van der Waals surface area (Å²) >= 11 is 0. The van der Waals surface area contributed by atoms with Crippen molar-refractivity contribution < 1.29 is 23.1 Å². The summed E-state index contributed by atoms with van der Waals surface area (Å²) in [6.45, 7) is 0. The molecule has 0 bridgehead atoms. The van der Waals surface area contributed by atoms with Crippen molar-refractivity contribution in [1.82, 2.24) is 0 Å². The quantitative estimate of drug-likeness (QED) is 0.923. The highest BCUT2D eigenvalue weighted by Crippen LogP contribution is 2.34. The molecular weight excluding hydrogens is 283 g/mol. The molecule has 0 fully saturated rings. The molecule has 2 aromatic rings. The van der Waals surface area contributed by atoms with Gasteiger partial charge in [0.05, 0.1) is 16.8 Å². The smallest absolute Gasteiger partial charge is 0.416 e. The minimum atomic E-state index is -4.58. The van der Waals surface area contributed by atoms with Gasteiger partial charge in [-0.15, -0.1) is 0 Å². The van der Waals surface area contributed by atoms with Crippen LogP contribution in [0.3, 0.4) is 0 Å². The standard InChI is InChI=1S/C15H12F3NO2/c1-19(11-5-3-2-4-6-11)13-8-7-10(15(16,17)18)9-12(13)14(20)21/h2-9H,1H3,(H,20,21). The number of hydrogen-bond donors (Lipinski definition) is 1. The van der Waals surface area contributed by atoms with Crippen LogP contribution in [-0.4, -0.2) is 18.1 Å². The molecule has 0 heterocycles. The monoisotopic (exact) mass is 295 g/mol. The number of carbonyl (C=O) groups is 1. The number of halogens is 3. The Morgan fingerprint density at radius 2 is 1.71 bits per heavy atom. The van der Waals surface area contributed by atoms with E-state index in [9.17, 15) is 18.0 Å². The second-order valence-electron chi connectivity index (χ2n) is 4.43. The lowest BCUT2D eigenvalue weighted by atomic mass is 10.1. The molecule has 0 radical (unpaired) electrons. The summed E-state index contributed by atoms with van der Waals surface area (Å²) in [5, 5.41) is 9.16. The highest BCUT2D eigenvalue weighted by atomic mass is 19.4. The maximum Gasteiger partial charge on any atom is 0.416 e. The predicted molar refractivity (Wildman–Crippen MR) is 72.9 cm³/mol. The van der Waals surface area contributed by atoms with Gasteiger partial charge in [-0.05, 0) is 30.3 Å². The Balaban J connectivity index is 2.51. The highest BCUT2D eigenvalue weighted by Gasteiger charge is 2.32. The molecule has 0 atom stereocenters. The second kappa shape index (κ2) is 5.47. The SMILES string of the molecule is CN(c1ccccc1)c1ccc(C(F)(F)F)cc1C(=O)O. The van der Waals surface area contributed by atoms with Gasteiger partial charge >= 0.3 is 12.1 Å². The van der Waals surface area contributed by atoms with Crippen molar-refractivity contribution in [3.05, 3.63) is 59.7 Å². The molecule has 1 N–H and O–H groups in total. The molecule has 0 spiro atoms. The zero-order chi connectivity index (χ0) is 15.6. The molecular formula is C15H12F3NO2. The molecule has 2 aromatic carbocycles. The number of carboxylic acids is 1. The van der Waals surface area contributed by atoms with Crippen LogP contribution in [0.2, 0.25) is 0 Å². The predicted octanol–water partition coefficient (Wildman–Crippen LogP) is 4.17. The Morgan fingerprint density at radius 1 is 1.10 bits per heavy atom. The van der Waals surface area contributed by atoms with Crippen LogP contribution in [0.1, 0.15) is 15.9 Å². The van der Waals surface area contributed by atoms with Crippen molar-refractivity contribution in [3.8, 4) is 0 Å². The van der Waals surface area contributed by atoms with Gasteiger partial charge in [0.15, 0.2) is 0 Å². The molecule has 0 aliphatic heterocycles. The van der Waals surface area contributed by atoms with Gasteiger partial charge in [-0.25, -0.2) is 4.79 Å². The van der Waals surface area contributed by atoms with E-state index in [1.54, 1.807) is 37.4 Å². The van der Waals surface area contributed by atoms with Gasteiger partial charge < -0.3 is 10.0 Å². The molecule has 0 amide bonds. The van der Waals surface area contributed by atoms with Crippen molar-refractivity contribution in [2.45, 2.75) is 6.18 Å². The largest absolute Gasteiger partial charge is 0.478 e. The third-order valence-corrected chi connectivity index (χ3v) is 3.06. The summed E-state index contributed by atoms with van der Waals surface area (Å²) in [4.78, 5) is 12.8. The van der Waals surface area contributed by atoms with E-state index < -0.39 is 23.3 Å². The number of aromatic carboxylic acids is 1. The first-order valence-electron chi connectivity index (χ1n) is 6.04. The van der Waals surface area contributed by atoms with Crippen LogP contribution in [0.4, 0.5) is 24.5 Å². The van der Waals surface area contributed by atoms with E-state index in [1.165, 1.54) is 11.0 Å². The number of anilines is 2. The molecule has 21 heavy (non-hydrogen) atoms. The van der Waals surface area contributed by atoms with Crippen molar-refractivity contribution in [3.63, 3.8) is 0 Å². The average molecular weight is 295 g/mol. The summed E-state index contributed by atoms with van der Waals surface area (Å²) in [5.41, 5.74) is -0.497. The number of rotatable bonds is 3. The number of carboxylic acid groups (broad SMARTS) is 1. The molecule has 6 heteroatoms. The van der Waals surface area contributed by atoms with E-state index in [4.69, 9.17) is 5.11 Å². The Labute approximate surface area is 119 Å². The first-order chi connectivity index (χ1) is 9.80. The third-order valence-electron chi connectivity index (χ3n) is 3.06. The van der Waals surface area contributed by atoms with Crippen molar-refractivity contribution in [2.24, 2.45) is 0 Å². The minimum Gasteiger partial charge on any atom is -0.478 e. The molecule has 0 aliphatic carbocycles. The van der Waals surface area contributed by atoms with E-state index in [0.717, 1.165) is 6.07 Å². The molecule has 3 nitrogen and oxygen atoms in total. The fourth-order valence-electron chi connectivity index (χ4n) is 1.97. The van der Waals surface area contributed by atoms with Crippen LogP contribution < -0.4 is 4.90 Å². The molecule has 0 aromatic heterocycles. The van der Waals surface area contributed by atoms with Crippen LogP contribution in [0.15, 0.2) is 48.5 Å². The van der Waals surface area contributed by atoms with Crippen molar-refractivity contribution in [2.75, 3.05) is 11.9 Å². The van der Waals surface area contributed by atoms with Gasteiger partial charge in [0, 0.05) is 12.7 Å². The lowest BCUT2D eigenvalue weighted by Crippen LogP contribution is -2.16. The summed E-state index contributed by atoms with van der Waals surface area (Å²) in [5.74, 6) is -1.40. The fourth-order valence-corrected chi connectivity index (χ4v) is 1.97. The summed E-state index contributed by atoms with van der Waals surface area (Å²) < 4.78 is 38.0. The summed E-state index contributed by atoms with van der Waals surface area (Å²) in [6.07, 6.45) is -4.58.